The van der Waals surface area contributed by atoms with E-state index in [0.29, 0.717) is 30.8 Å². The Balaban J connectivity index is 1.36. The molecule has 3 aromatic carbocycles. The Hall–Kier alpha value is -4.98. The van der Waals surface area contributed by atoms with Crippen molar-refractivity contribution in [2.45, 2.75) is 83.4 Å². The summed E-state index contributed by atoms with van der Waals surface area (Å²) in [5.41, 5.74) is 0.0339. The quantitative estimate of drug-likeness (QED) is 0.133. The number of amides is 2. The lowest BCUT2D eigenvalue weighted by molar-refractivity contribution is 0.0552. The summed E-state index contributed by atoms with van der Waals surface area (Å²) in [6.07, 6.45) is -0.357. The van der Waals surface area contributed by atoms with Crippen molar-refractivity contribution in [2.75, 3.05) is 6.54 Å². The van der Waals surface area contributed by atoms with Crippen molar-refractivity contribution in [3.05, 3.63) is 72.1 Å². The number of likely N-dealkylation sites (tertiary alicyclic amines) is 1. The minimum Gasteiger partial charge on any atom is -0.444 e. The van der Waals surface area contributed by atoms with Crippen molar-refractivity contribution in [3.8, 4) is 17.1 Å². The number of benzene rings is 3. The lowest BCUT2D eigenvalue weighted by atomic mass is 10.1. The maximum absolute atomic E-state index is 12.8. The van der Waals surface area contributed by atoms with Gasteiger partial charge in [-0.15, -0.1) is 4.99 Å². The third kappa shape index (κ3) is 8.68. The Labute approximate surface area is 279 Å². The second kappa shape index (κ2) is 13.3. The fourth-order valence-electron chi connectivity index (χ4n) is 4.99. The Morgan fingerprint density at radius 1 is 0.938 bits per heavy atom. The number of carbonyl (C=O) groups excluding carboxylic acids is 2. The Morgan fingerprint density at radius 3 is 2.29 bits per heavy atom. The molecule has 48 heavy (non-hydrogen) atoms. The number of aryl methyl sites for hydroxylation is 1. The van der Waals surface area contributed by atoms with E-state index in [0.717, 1.165) is 16.3 Å². The third-order valence-electron chi connectivity index (χ3n) is 7.04. The van der Waals surface area contributed by atoms with Crippen LogP contribution in [0.15, 0.2) is 75.1 Å². The van der Waals surface area contributed by atoms with Gasteiger partial charge in [-0.2, -0.15) is 13.4 Å². The van der Waals surface area contributed by atoms with Crippen LogP contribution in [0.1, 0.15) is 71.9 Å². The van der Waals surface area contributed by atoms with Gasteiger partial charge in [0.25, 0.3) is 0 Å². The van der Waals surface area contributed by atoms with Crippen molar-refractivity contribution in [3.63, 3.8) is 0 Å². The number of alkyl carbamates (subject to hydrolysis) is 1. The topological polar surface area (TPSA) is 163 Å². The molecule has 1 fully saturated rings. The molecule has 254 valence electrons. The molecule has 2 amide bonds. The average Bonchev–Trinajstić information content (AvgIpc) is 3.65. The molecule has 1 aliphatic rings. The smallest absolute Gasteiger partial charge is 0.437 e. The number of ether oxygens (including phenoxy) is 2. The van der Waals surface area contributed by atoms with Gasteiger partial charge in [0.15, 0.2) is 0 Å². The number of nitrogens with zero attached hydrogens (tertiary/aromatic N) is 4. The second-order valence-electron chi connectivity index (χ2n) is 13.4. The van der Waals surface area contributed by atoms with Crippen molar-refractivity contribution >= 4 is 39.0 Å². The predicted molar refractivity (Wildman–Crippen MR) is 178 cm³/mol. The molecule has 2 heterocycles. The fourth-order valence-corrected chi connectivity index (χ4v) is 5.91. The fraction of sp³-hybridized carbons (Fsp3) is 0.382. The molecule has 1 unspecified atom stereocenters. The molecule has 0 saturated carbocycles. The van der Waals surface area contributed by atoms with Crippen LogP contribution in [0.4, 0.5) is 9.59 Å². The van der Waals surface area contributed by atoms with Gasteiger partial charge in [-0.25, -0.2) is 9.59 Å². The van der Waals surface area contributed by atoms with Gasteiger partial charge in [0.05, 0.1) is 0 Å². The first-order valence-electron chi connectivity index (χ1n) is 15.4. The molecule has 5 rings (SSSR count). The predicted octanol–water partition coefficient (Wildman–Crippen LogP) is 6.92. The Bertz CT molecular complexity index is 1960. The lowest BCUT2D eigenvalue weighted by Gasteiger charge is -2.27. The molecule has 0 radical (unpaired) electrons. The van der Waals surface area contributed by atoms with Gasteiger partial charge in [0.2, 0.25) is 17.7 Å². The molecule has 4 aromatic rings. The first kappa shape index (κ1) is 34.4. The number of nitrogens with one attached hydrogen (secondary N) is 1. The number of aromatic nitrogens is 2. The van der Waals surface area contributed by atoms with Crippen molar-refractivity contribution in [1.82, 2.24) is 20.4 Å². The molecule has 14 heteroatoms. The highest BCUT2D eigenvalue weighted by atomic mass is 32.2. The van der Waals surface area contributed by atoms with E-state index in [4.69, 9.17) is 18.2 Å². The van der Waals surface area contributed by atoms with Gasteiger partial charge in [-0.3, -0.25) is 5.32 Å². The highest BCUT2D eigenvalue weighted by Crippen LogP contribution is 2.33. The lowest BCUT2D eigenvalue weighted by Crippen LogP contribution is -2.46. The summed E-state index contributed by atoms with van der Waals surface area (Å²) in [4.78, 5) is 35.9. The number of fused-ring (bicyclic) bond motifs is 1. The minimum absolute atomic E-state index is 0.0473. The van der Waals surface area contributed by atoms with Gasteiger partial charge in [-0.05, 0) is 102 Å². The first-order valence-corrected chi connectivity index (χ1v) is 16.8. The van der Waals surface area contributed by atoms with Crippen molar-refractivity contribution in [2.24, 2.45) is 4.99 Å². The average molecular weight is 678 g/mol. The normalized spacial score (nSPS) is 15.8. The molecule has 0 aliphatic carbocycles. The van der Waals surface area contributed by atoms with Crippen LogP contribution in [-0.2, 0) is 19.6 Å². The highest BCUT2D eigenvalue weighted by molar-refractivity contribution is 7.87. The number of rotatable bonds is 5. The molecule has 1 aromatic heterocycles. The van der Waals surface area contributed by atoms with Crippen LogP contribution in [0.5, 0.6) is 5.75 Å². The van der Waals surface area contributed by atoms with E-state index in [2.05, 4.69) is 20.4 Å². The molecule has 13 nitrogen and oxygen atoms in total. The molecular weight excluding hydrogens is 638 g/mol. The van der Waals surface area contributed by atoms with Crippen LogP contribution in [0, 0.1) is 6.92 Å². The number of carbonyl (C=O) groups is 2. The van der Waals surface area contributed by atoms with Gasteiger partial charge in [0.1, 0.15) is 27.9 Å². The first-order chi connectivity index (χ1) is 22.5. The van der Waals surface area contributed by atoms with Gasteiger partial charge in [0, 0.05) is 12.1 Å². The van der Waals surface area contributed by atoms with Gasteiger partial charge in [-0.1, -0.05) is 41.1 Å². The summed E-state index contributed by atoms with van der Waals surface area (Å²) in [5, 5.41) is 8.34. The van der Waals surface area contributed by atoms with E-state index >= 15 is 0 Å². The summed E-state index contributed by atoms with van der Waals surface area (Å²) >= 11 is 0. The van der Waals surface area contributed by atoms with Gasteiger partial charge < -0.3 is 23.1 Å². The number of aliphatic imine (C=N–C) groups is 1. The van der Waals surface area contributed by atoms with Crippen LogP contribution in [0.25, 0.3) is 22.2 Å². The summed E-state index contributed by atoms with van der Waals surface area (Å²) < 4.78 is 47.4. The van der Waals surface area contributed by atoms with E-state index in [-0.39, 0.29) is 22.5 Å². The molecule has 1 aliphatic heterocycles. The van der Waals surface area contributed by atoms with Crippen LogP contribution >= 0.6 is 0 Å². The zero-order chi connectivity index (χ0) is 34.9. The van der Waals surface area contributed by atoms with Crippen molar-refractivity contribution < 1.29 is 36.2 Å². The molecule has 0 spiro atoms. The van der Waals surface area contributed by atoms with E-state index in [1.165, 1.54) is 12.1 Å². The molecule has 0 bridgehead atoms. The highest BCUT2D eigenvalue weighted by Gasteiger charge is 2.35. The summed E-state index contributed by atoms with van der Waals surface area (Å²) in [6, 6.07) is 16.4. The summed E-state index contributed by atoms with van der Waals surface area (Å²) in [5.74, 6) is 0.735. The SMILES string of the molecule is Cc1ccc(S(=O)(=O)Oc2ccc3cc(-c4noc(C5CCCN5C(=NC(=O)OC(C)(C)C)NC(=O)OC(C)(C)C)n4)ccc3c2)cc1. The molecule has 1 N–H and O–H groups in total. The minimum atomic E-state index is -4.00. The zero-order valence-corrected chi connectivity index (χ0v) is 28.8. The monoisotopic (exact) mass is 677 g/mol. The zero-order valence-electron chi connectivity index (χ0n) is 27.9. The van der Waals surface area contributed by atoms with Crippen LogP contribution in [0.3, 0.4) is 0 Å². The van der Waals surface area contributed by atoms with Gasteiger partial charge >= 0.3 is 22.3 Å². The molecular formula is C34H39N5O8S. The number of guanidine groups is 1. The maximum Gasteiger partial charge on any atom is 0.437 e. The Kier molecular flexibility index (Phi) is 9.49. The maximum atomic E-state index is 12.8. The van der Waals surface area contributed by atoms with Crippen LogP contribution in [-0.4, -0.2) is 59.4 Å². The summed E-state index contributed by atoms with van der Waals surface area (Å²) in [6.45, 7) is 12.7. The number of hydrogen-bond donors (Lipinski definition) is 1. The van der Waals surface area contributed by atoms with E-state index in [9.17, 15) is 18.0 Å². The van der Waals surface area contributed by atoms with E-state index < -0.39 is 39.5 Å². The standard InChI is InChI=1S/C34H39N5O8S/c1-21-10-16-26(17-11-21)48(42,43)47-25-15-14-22-19-24(13-12-23(22)20-25)28-35-29(46-38-28)27-9-8-18-39(27)30(36-31(40)44-33(2,3)4)37-32(41)45-34(5,6)7/h10-17,19-20,27H,8-9,18H2,1-7H3,(H,36,37,40,41). The third-order valence-corrected chi connectivity index (χ3v) is 8.30. The summed E-state index contributed by atoms with van der Waals surface area (Å²) in [7, 11) is -4.00. The largest absolute Gasteiger partial charge is 0.444 e. The number of hydrogen-bond acceptors (Lipinski definition) is 10. The Morgan fingerprint density at radius 2 is 1.60 bits per heavy atom. The second-order valence-corrected chi connectivity index (χ2v) is 15.0. The molecule has 1 atom stereocenters. The van der Waals surface area contributed by atoms with E-state index in [1.807, 2.05) is 19.1 Å². The van der Waals surface area contributed by atoms with Crippen molar-refractivity contribution in [1.29, 1.82) is 0 Å². The molecule has 1 saturated heterocycles. The van der Waals surface area contributed by atoms with Crippen LogP contribution in [0.2, 0.25) is 0 Å². The van der Waals surface area contributed by atoms with E-state index in [1.54, 1.807) is 82.8 Å². The van der Waals surface area contributed by atoms with Crippen LogP contribution < -0.4 is 9.50 Å².